The third kappa shape index (κ3) is 3.54. The summed E-state index contributed by atoms with van der Waals surface area (Å²) in [4.78, 5) is 40.4. The van der Waals surface area contributed by atoms with Gasteiger partial charge in [0.1, 0.15) is 6.54 Å². The van der Waals surface area contributed by atoms with Crippen LogP contribution in [0.3, 0.4) is 0 Å². The van der Waals surface area contributed by atoms with E-state index >= 15 is 0 Å². The molecule has 2 fully saturated rings. The lowest BCUT2D eigenvalue weighted by molar-refractivity contribution is -0.136. The smallest absolute Gasteiger partial charge is 0.294 e. The largest absolute Gasteiger partial charge is 0.493 e. The number of piperidine rings is 1. The van der Waals surface area contributed by atoms with Gasteiger partial charge < -0.3 is 19.1 Å². The van der Waals surface area contributed by atoms with Crippen LogP contribution in [0.1, 0.15) is 24.8 Å². The second-order valence-corrected chi connectivity index (χ2v) is 7.66. The van der Waals surface area contributed by atoms with Crippen LogP contribution in [0.5, 0.6) is 17.2 Å². The highest BCUT2D eigenvalue weighted by atomic mass is 32.2. The van der Waals surface area contributed by atoms with Gasteiger partial charge >= 0.3 is 0 Å². The summed E-state index contributed by atoms with van der Waals surface area (Å²) in [5.74, 6) is 0.871. The lowest BCUT2D eigenvalue weighted by atomic mass is 10.1. The molecule has 3 heterocycles. The number of benzene rings is 1. The van der Waals surface area contributed by atoms with Gasteiger partial charge in [0.25, 0.3) is 11.1 Å². The summed E-state index contributed by atoms with van der Waals surface area (Å²) in [7, 11) is 1.52. The molecule has 0 unspecified atom stereocenters. The van der Waals surface area contributed by atoms with Crippen LogP contribution in [0.15, 0.2) is 17.0 Å². The number of imide groups is 1. The van der Waals surface area contributed by atoms with Gasteiger partial charge in [0.05, 0.1) is 12.0 Å². The van der Waals surface area contributed by atoms with E-state index in [4.69, 9.17) is 14.2 Å². The fourth-order valence-electron chi connectivity index (χ4n) is 3.40. The Morgan fingerprint density at radius 3 is 2.75 bits per heavy atom. The molecule has 1 aromatic carbocycles. The summed E-state index contributed by atoms with van der Waals surface area (Å²) in [6.45, 7) is 1.25. The Kier molecular flexibility index (Phi) is 5.17. The SMILES string of the molecule is COc1cc(C=C2SC(=O)N(CC(=O)N3CCCCC3)C2=O)cc2c1OCO2. The summed E-state index contributed by atoms with van der Waals surface area (Å²) >= 11 is 0.827. The zero-order chi connectivity index (χ0) is 19.7. The second-order valence-electron chi connectivity index (χ2n) is 6.67. The van der Waals surface area contributed by atoms with Crippen LogP contribution < -0.4 is 14.2 Å². The lowest BCUT2D eigenvalue weighted by Crippen LogP contribution is -2.44. The predicted octanol–water partition coefficient (Wildman–Crippen LogP) is 2.47. The van der Waals surface area contributed by atoms with E-state index in [-0.39, 0.29) is 24.2 Å². The second kappa shape index (κ2) is 7.75. The summed E-state index contributed by atoms with van der Waals surface area (Å²) in [5, 5.41) is -0.436. The number of hydrogen-bond donors (Lipinski definition) is 0. The van der Waals surface area contributed by atoms with E-state index in [1.165, 1.54) is 7.11 Å². The molecular weight excluding hydrogens is 384 g/mol. The van der Waals surface area contributed by atoms with Gasteiger partial charge in [0.15, 0.2) is 11.5 Å². The van der Waals surface area contributed by atoms with E-state index in [2.05, 4.69) is 0 Å². The van der Waals surface area contributed by atoms with Crippen LogP contribution in [-0.4, -0.2) is 60.4 Å². The first kappa shape index (κ1) is 18.7. The van der Waals surface area contributed by atoms with Gasteiger partial charge in [-0.15, -0.1) is 0 Å². The Labute approximate surface area is 166 Å². The molecule has 0 aliphatic carbocycles. The van der Waals surface area contributed by atoms with E-state index in [0.717, 1.165) is 35.9 Å². The van der Waals surface area contributed by atoms with Crippen molar-refractivity contribution in [1.82, 2.24) is 9.80 Å². The number of methoxy groups -OCH3 is 1. The molecule has 1 aromatic rings. The molecule has 0 bridgehead atoms. The van der Waals surface area contributed by atoms with Crippen LogP contribution in [0.4, 0.5) is 4.79 Å². The van der Waals surface area contributed by atoms with E-state index in [0.29, 0.717) is 35.9 Å². The standard InChI is InChI=1S/C19H20N2O6S/c1-25-13-7-12(8-14-17(13)27-11-26-14)9-15-18(23)21(19(24)28-15)10-16(22)20-5-3-2-4-6-20/h7-9H,2-6,10-11H2,1H3. The fourth-order valence-corrected chi connectivity index (χ4v) is 4.24. The molecule has 0 N–H and O–H groups in total. The van der Waals surface area contributed by atoms with Crippen LogP contribution in [0.25, 0.3) is 6.08 Å². The topological polar surface area (TPSA) is 85.4 Å². The highest BCUT2D eigenvalue weighted by molar-refractivity contribution is 8.18. The normalized spacial score (nSPS) is 20.2. The lowest BCUT2D eigenvalue weighted by Gasteiger charge is -2.27. The molecular formula is C19H20N2O6S. The zero-order valence-corrected chi connectivity index (χ0v) is 16.3. The van der Waals surface area contributed by atoms with E-state index < -0.39 is 11.1 Å². The minimum atomic E-state index is -0.461. The van der Waals surface area contributed by atoms with Crippen LogP contribution in [0.2, 0.25) is 0 Å². The monoisotopic (exact) mass is 404 g/mol. The van der Waals surface area contributed by atoms with Crippen molar-refractivity contribution in [1.29, 1.82) is 0 Å². The quantitative estimate of drug-likeness (QED) is 0.713. The van der Waals surface area contributed by atoms with Gasteiger partial charge in [-0.3, -0.25) is 19.3 Å². The molecule has 148 valence electrons. The van der Waals surface area contributed by atoms with Crippen molar-refractivity contribution >= 4 is 34.9 Å². The fraction of sp³-hybridized carbons (Fsp3) is 0.421. The average Bonchev–Trinajstić information content (AvgIpc) is 3.28. The third-order valence-corrected chi connectivity index (χ3v) is 5.76. The minimum Gasteiger partial charge on any atom is -0.493 e. The maximum absolute atomic E-state index is 12.7. The van der Waals surface area contributed by atoms with Crippen molar-refractivity contribution in [2.24, 2.45) is 0 Å². The third-order valence-electron chi connectivity index (χ3n) is 4.85. The maximum Gasteiger partial charge on any atom is 0.294 e. The molecule has 2 saturated heterocycles. The molecule has 28 heavy (non-hydrogen) atoms. The highest BCUT2D eigenvalue weighted by Crippen LogP contribution is 2.43. The van der Waals surface area contributed by atoms with Gasteiger partial charge in [0, 0.05) is 13.1 Å². The summed E-state index contributed by atoms with van der Waals surface area (Å²) in [5.41, 5.74) is 0.647. The summed E-state index contributed by atoms with van der Waals surface area (Å²) in [6, 6.07) is 3.43. The van der Waals surface area contributed by atoms with E-state index in [1.807, 2.05) is 0 Å². The van der Waals surface area contributed by atoms with Crippen molar-refractivity contribution < 1.29 is 28.6 Å². The molecule has 0 aromatic heterocycles. The number of nitrogens with zero attached hydrogens (tertiary/aromatic N) is 2. The number of rotatable bonds is 4. The number of carbonyl (C=O) groups is 3. The van der Waals surface area contributed by atoms with Crippen LogP contribution in [0, 0.1) is 0 Å². The number of fused-ring (bicyclic) bond motifs is 1. The average molecular weight is 404 g/mol. The molecule has 0 saturated carbocycles. The first-order chi connectivity index (χ1) is 13.6. The van der Waals surface area contributed by atoms with Gasteiger partial charge in [-0.05, 0) is 54.8 Å². The Hall–Kier alpha value is -2.68. The van der Waals surface area contributed by atoms with Crippen molar-refractivity contribution in [2.75, 3.05) is 33.5 Å². The number of carbonyl (C=O) groups excluding carboxylic acids is 3. The van der Waals surface area contributed by atoms with Crippen molar-refractivity contribution in [3.8, 4) is 17.2 Å². The van der Waals surface area contributed by atoms with Gasteiger partial charge in [-0.2, -0.15) is 0 Å². The van der Waals surface area contributed by atoms with E-state index in [1.54, 1.807) is 23.1 Å². The molecule has 0 atom stereocenters. The van der Waals surface area contributed by atoms with Gasteiger partial charge in [-0.1, -0.05) is 0 Å². The molecule has 0 spiro atoms. The molecule has 3 amide bonds. The molecule has 3 aliphatic rings. The number of amides is 3. The summed E-state index contributed by atoms with van der Waals surface area (Å²) in [6.07, 6.45) is 4.62. The first-order valence-corrected chi connectivity index (χ1v) is 9.89. The molecule has 9 heteroatoms. The van der Waals surface area contributed by atoms with Crippen molar-refractivity contribution in [2.45, 2.75) is 19.3 Å². The Bertz CT molecular complexity index is 862. The molecule has 0 radical (unpaired) electrons. The first-order valence-electron chi connectivity index (χ1n) is 9.07. The van der Waals surface area contributed by atoms with Crippen molar-refractivity contribution in [3.05, 3.63) is 22.6 Å². The number of likely N-dealkylation sites (tertiary alicyclic amines) is 1. The Morgan fingerprint density at radius 1 is 1.21 bits per heavy atom. The van der Waals surface area contributed by atoms with Crippen LogP contribution >= 0.6 is 11.8 Å². The van der Waals surface area contributed by atoms with Gasteiger partial charge in [0.2, 0.25) is 18.4 Å². The Balaban J connectivity index is 1.51. The van der Waals surface area contributed by atoms with Gasteiger partial charge in [-0.25, -0.2) is 0 Å². The molecule has 8 nitrogen and oxygen atoms in total. The molecule has 3 aliphatic heterocycles. The molecule has 4 rings (SSSR count). The van der Waals surface area contributed by atoms with E-state index in [9.17, 15) is 14.4 Å². The predicted molar refractivity (Wildman–Crippen MR) is 102 cm³/mol. The maximum atomic E-state index is 12.7. The number of ether oxygens (including phenoxy) is 3. The highest BCUT2D eigenvalue weighted by Gasteiger charge is 2.37. The van der Waals surface area contributed by atoms with Crippen molar-refractivity contribution in [3.63, 3.8) is 0 Å². The zero-order valence-electron chi connectivity index (χ0n) is 15.4. The Morgan fingerprint density at radius 2 is 2.00 bits per heavy atom. The minimum absolute atomic E-state index is 0.101. The van der Waals surface area contributed by atoms with Crippen LogP contribution in [-0.2, 0) is 9.59 Å². The summed E-state index contributed by atoms with van der Waals surface area (Å²) < 4.78 is 16.0. The number of thioether (sulfide) groups is 1. The number of hydrogen-bond acceptors (Lipinski definition) is 7.